The molecule has 0 aromatic heterocycles. The van der Waals surface area contributed by atoms with Gasteiger partial charge in [-0.15, -0.1) is 0 Å². The summed E-state index contributed by atoms with van der Waals surface area (Å²) in [6.07, 6.45) is 7.62. The van der Waals surface area contributed by atoms with Crippen LogP contribution >= 0.6 is 0 Å². The number of hydrogen-bond acceptors (Lipinski definition) is 5. The average molecular weight is 404 g/mol. The van der Waals surface area contributed by atoms with E-state index in [1.54, 1.807) is 32.4 Å². The number of amides is 2. The van der Waals surface area contributed by atoms with Crippen molar-refractivity contribution < 1.29 is 19.1 Å². The molecule has 1 aliphatic heterocycles. The highest BCUT2D eigenvalue weighted by Gasteiger charge is 2.24. The molecule has 29 heavy (non-hydrogen) atoms. The van der Waals surface area contributed by atoms with Crippen LogP contribution in [-0.4, -0.2) is 62.7 Å². The summed E-state index contributed by atoms with van der Waals surface area (Å²) in [5, 5.41) is 6.28. The second kappa shape index (κ2) is 10.5. The molecule has 2 fully saturated rings. The van der Waals surface area contributed by atoms with Crippen molar-refractivity contribution >= 4 is 11.8 Å². The molecule has 0 radical (unpaired) electrons. The summed E-state index contributed by atoms with van der Waals surface area (Å²) in [7, 11) is 3.13. The zero-order valence-electron chi connectivity index (χ0n) is 17.5. The van der Waals surface area contributed by atoms with E-state index in [1.165, 1.54) is 19.3 Å². The fraction of sp³-hybridized carbons (Fsp3) is 0.636. The molecule has 2 amide bonds. The number of hydrogen-bond donors (Lipinski definition) is 2. The first-order valence-electron chi connectivity index (χ1n) is 10.6. The van der Waals surface area contributed by atoms with Crippen LogP contribution in [0.5, 0.6) is 11.5 Å². The molecule has 0 atom stereocenters. The van der Waals surface area contributed by atoms with E-state index in [0.717, 1.165) is 38.8 Å². The minimum absolute atomic E-state index is 0.112. The van der Waals surface area contributed by atoms with Crippen LogP contribution in [0.1, 0.15) is 55.3 Å². The molecule has 1 aromatic rings. The van der Waals surface area contributed by atoms with Gasteiger partial charge in [-0.2, -0.15) is 0 Å². The average Bonchev–Trinajstić information content (AvgIpc) is 2.75. The predicted octanol–water partition coefficient (Wildman–Crippen LogP) is 2.35. The van der Waals surface area contributed by atoms with Crippen molar-refractivity contribution in [3.63, 3.8) is 0 Å². The molecule has 7 heteroatoms. The number of methoxy groups -OCH3 is 2. The Labute approximate surface area is 173 Å². The van der Waals surface area contributed by atoms with E-state index in [1.807, 2.05) is 0 Å². The monoisotopic (exact) mass is 403 g/mol. The van der Waals surface area contributed by atoms with Crippen LogP contribution in [0.4, 0.5) is 0 Å². The lowest BCUT2D eigenvalue weighted by Crippen LogP contribution is -2.48. The van der Waals surface area contributed by atoms with Crippen LogP contribution in [0, 0.1) is 0 Å². The molecular formula is C22H33N3O4. The Kier molecular flexibility index (Phi) is 7.75. The molecule has 1 saturated heterocycles. The SMILES string of the molecule is COc1ccc(C(=O)NC2CCN(CC(=O)NC3CCCCC3)CC2)cc1OC. The van der Waals surface area contributed by atoms with Gasteiger partial charge in [0.25, 0.3) is 5.91 Å². The number of nitrogens with one attached hydrogen (secondary N) is 2. The van der Waals surface area contributed by atoms with Crippen LogP contribution in [0.3, 0.4) is 0 Å². The molecule has 3 rings (SSSR count). The molecule has 2 aliphatic rings. The van der Waals surface area contributed by atoms with Crippen molar-refractivity contribution in [2.75, 3.05) is 33.9 Å². The number of nitrogens with zero attached hydrogens (tertiary/aromatic N) is 1. The third-order valence-corrected chi connectivity index (χ3v) is 5.91. The lowest BCUT2D eigenvalue weighted by atomic mass is 9.95. The van der Waals surface area contributed by atoms with Gasteiger partial charge in [-0.25, -0.2) is 0 Å². The van der Waals surface area contributed by atoms with Crippen LogP contribution in [0.15, 0.2) is 18.2 Å². The molecule has 1 aromatic carbocycles. The zero-order chi connectivity index (χ0) is 20.6. The Morgan fingerprint density at radius 2 is 1.59 bits per heavy atom. The molecule has 1 aliphatic carbocycles. The smallest absolute Gasteiger partial charge is 0.251 e. The van der Waals surface area contributed by atoms with Crippen molar-refractivity contribution in [2.24, 2.45) is 0 Å². The largest absolute Gasteiger partial charge is 0.493 e. The van der Waals surface area contributed by atoms with Gasteiger partial charge < -0.3 is 20.1 Å². The Balaban J connectivity index is 1.42. The first kappa shape index (κ1) is 21.4. The summed E-state index contributed by atoms with van der Waals surface area (Å²) in [6.45, 7) is 2.08. The summed E-state index contributed by atoms with van der Waals surface area (Å²) >= 11 is 0. The van der Waals surface area contributed by atoms with Gasteiger partial charge in [0.2, 0.25) is 5.91 Å². The number of piperidine rings is 1. The second-order valence-corrected chi connectivity index (χ2v) is 8.00. The lowest BCUT2D eigenvalue weighted by Gasteiger charge is -2.32. The molecule has 2 N–H and O–H groups in total. The van der Waals surface area contributed by atoms with E-state index < -0.39 is 0 Å². The molecular weight excluding hydrogens is 370 g/mol. The summed E-state index contributed by atoms with van der Waals surface area (Å²) in [4.78, 5) is 27.0. The highest BCUT2D eigenvalue weighted by Crippen LogP contribution is 2.27. The first-order chi connectivity index (χ1) is 14.1. The van der Waals surface area contributed by atoms with Crippen LogP contribution in [-0.2, 0) is 4.79 Å². The Morgan fingerprint density at radius 1 is 0.931 bits per heavy atom. The van der Waals surface area contributed by atoms with Crippen molar-refractivity contribution in [1.29, 1.82) is 0 Å². The fourth-order valence-electron chi connectivity index (χ4n) is 4.20. The van der Waals surface area contributed by atoms with Gasteiger partial charge in [0.15, 0.2) is 11.5 Å². The third-order valence-electron chi connectivity index (χ3n) is 5.91. The predicted molar refractivity (Wildman–Crippen MR) is 111 cm³/mol. The zero-order valence-corrected chi connectivity index (χ0v) is 17.5. The number of benzene rings is 1. The summed E-state index contributed by atoms with van der Waals surface area (Å²) in [6, 6.07) is 5.64. The van der Waals surface area contributed by atoms with Crippen molar-refractivity contribution in [3.8, 4) is 11.5 Å². The maximum Gasteiger partial charge on any atom is 0.251 e. The van der Waals surface area contributed by atoms with E-state index in [4.69, 9.17) is 9.47 Å². The van der Waals surface area contributed by atoms with Gasteiger partial charge in [-0.3, -0.25) is 14.5 Å². The topological polar surface area (TPSA) is 79.9 Å². The van der Waals surface area contributed by atoms with Crippen molar-refractivity contribution in [3.05, 3.63) is 23.8 Å². The molecule has 0 spiro atoms. The summed E-state index contributed by atoms with van der Waals surface area (Å²) in [5.74, 6) is 1.16. The number of ether oxygens (including phenoxy) is 2. The van der Waals surface area contributed by atoms with Gasteiger partial charge >= 0.3 is 0 Å². The van der Waals surface area contributed by atoms with Crippen LogP contribution in [0.2, 0.25) is 0 Å². The maximum absolute atomic E-state index is 12.6. The van der Waals surface area contributed by atoms with E-state index in [9.17, 15) is 9.59 Å². The minimum atomic E-state index is -0.112. The highest BCUT2D eigenvalue weighted by molar-refractivity contribution is 5.95. The Morgan fingerprint density at radius 3 is 2.24 bits per heavy atom. The highest BCUT2D eigenvalue weighted by atomic mass is 16.5. The van der Waals surface area contributed by atoms with Crippen molar-refractivity contribution in [1.82, 2.24) is 15.5 Å². The lowest BCUT2D eigenvalue weighted by molar-refractivity contribution is -0.123. The van der Waals surface area contributed by atoms with Crippen LogP contribution < -0.4 is 20.1 Å². The molecule has 0 unspecified atom stereocenters. The van der Waals surface area contributed by atoms with Gasteiger partial charge in [-0.1, -0.05) is 19.3 Å². The molecule has 0 bridgehead atoms. The number of carbonyl (C=O) groups is 2. The molecule has 160 valence electrons. The van der Waals surface area contributed by atoms with E-state index in [0.29, 0.717) is 29.6 Å². The summed E-state index contributed by atoms with van der Waals surface area (Å²) < 4.78 is 10.5. The minimum Gasteiger partial charge on any atom is -0.493 e. The Bertz CT molecular complexity index is 695. The van der Waals surface area contributed by atoms with Gasteiger partial charge in [0.1, 0.15) is 0 Å². The first-order valence-corrected chi connectivity index (χ1v) is 10.6. The van der Waals surface area contributed by atoms with E-state index in [2.05, 4.69) is 15.5 Å². The van der Waals surface area contributed by atoms with Gasteiger partial charge in [-0.05, 0) is 43.9 Å². The molecule has 1 saturated carbocycles. The number of rotatable bonds is 7. The third kappa shape index (κ3) is 6.10. The molecule has 1 heterocycles. The Hall–Kier alpha value is -2.28. The van der Waals surface area contributed by atoms with E-state index >= 15 is 0 Å². The number of likely N-dealkylation sites (tertiary alicyclic amines) is 1. The summed E-state index contributed by atoms with van der Waals surface area (Å²) in [5.41, 5.74) is 0.553. The van der Waals surface area contributed by atoms with E-state index in [-0.39, 0.29) is 17.9 Å². The standard InChI is InChI=1S/C22H33N3O4/c1-28-19-9-8-16(14-20(19)29-2)22(27)24-18-10-12-25(13-11-18)15-21(26)23-17-6-4-3-5-7-17/h8-9,14,17-18H,3-7,10-13,15H2,1-2H3,(H,23,26)(H,24,27). The second-order valence-electron chi connectivity index (χ2n) is 8.00. The van der Waals surface area contributed by atoms with Gasteiger partial charge in [0.05, 0.1) is 20.8 Å². The van der Waals surface area contributed by atoms with Crippen molar-refractivity contribution in [2.45, 2.75) is 57.0 Å². The molecule has 7 nitrogen and oxygen atoms in total. The normalized spacial score (nSPS) is 18.8. The van der Waals surface area contributed by atoms with Crippen LogP contribution in [0.25, 0.3) is 0 Å². The number of carbonyl (C=O) groups excluding carboxylic acids is 2. The van der Waals surface area contributed by atoms with Gasteiger partial charge in [0, 0.05) is 30.7 Å². The quantitative estimate of drug-likeness (QED) is 0.731. The fourth-order valence-corrected chi connectivity index (χ4v) is 4.20. The maximum atomic E-state index is 12.6.